The second-order valence-electron chi connectivity index (χ2n) is 3.94. The number of aliphatic hydroxyl groups is 1. The van der Waals surface area contributed by atoms with E-state index >= 15 is 0 Å². The molecule has 0 saturated heterocycles. The third-order valence-corrected chi connectivity index (χ3v) is 2.44. The molecule has 0 radical (unpaired) electrons. The molecule has 1 amide bonds. The molecule has 0 bridgehead atoms. The minimum Gasteiger partial charge on any atom is -0.397 e. The van der Waals surface area contributed by atoms with Crippen LogP contribution >= 0.6 is 0 Å². The molecule has 19 heavy (non-hydrogen) atoms. The average molecular weight is 273 g/mol. The van der Waals surface area contributed by atoms with E-state index in [1.54, 1.807) is 6.92 Å². The van der Waals surface area contributed by atoms with Gasteiger partial charge in [0.05, 0.1) is 11.4 Å². The van der Waals surface area contributed by atoms with Crippen LogP contribution in [0.5, 0.6) is 0 Å². The van der Waals surface area contributed by atoms with Crippen molar-refractivity contribution in [1.29, 1.82) is 0 Å². The highest BCUT2D eigenvalue weighted by Gasteiger charge is 2.16. The highest BCUT2D eigenvalue weighted by molar-refractivity contribution is 5.96. The Balaban J connectivity index is 2.69. The summed E-state index contributed by atoms with van der Waals surface area (Å²) in [6.07, 6.45) is -4.58. The number of halogens is 2. The number of benzene rings is 1. The Hall–Kier alpha value is -1.89. The standard InChI is InChI=1S/C12H17F2N3O2/c1-2-16-12(19)7-3-4-9(8(15)5-7)17-6-10(18)11(13)14/h3-5,10-11,17-18H,2,6,15H2,1H3,(H,16,19). The normalized spacial score (nSPS) is 12.3. The number of nitrogen functional groups attached to an aromatic ring is 1. The average Bonchev–Trinajstić information content (AvgIpc) is 2.36. The van der Waals surface area contributed by atoms with Gasteiger partial charge in [0.25, 0.3) is 12.3 Å². The molecule has 0 heterocycles. The van der Waals surface area contributed by atoms with Crippen LogP contribution in [-0.4, -0.2) is 36.6 Å². The van der Waals surface area contributed by atoms with Crippen molar-refractivity contribution in [3.05, 3.63) is 23.8 Å². The van der Waals surface area contributed by atoms with E-state index in [9.17, 15) is 13.6 Å². The lowest BCUT2D eigenvalue weighted by Gasteiger charge is -2.14. The monoisotopic (exact) mass is 273 g/mol. The number of nitrogens with two attached hydrogens (primary N) is 1. The topological polar surface area (TPSA) is 87.4 Å². The molecule has 1 unspecified atom stereocenters. The summed E-state index contributed by atoms with van der Waals surface area (Å²) in [5, 5.41) is 14.2. The van der Waals surface area contributed by atoms with Gasteiger partial charge >= 0.3 is 0 Å². The van der Waals surface area contributed by atoms with Crippen LogP contribution in [0.2, 0.25) is 0 Å². The van der Waals surface area contributed by atoms with Crippen molar-refractivity contribution in [1.82, 2.24) is 5.32 Å². The van der Waals surface area contributed by atoms with Crippen LogP contribution < -0.4 is 16.4 Å². The number of alkyl halides is 2. The summed E-state index contributed by atoms with van der Waals surface area (Å²) in [6.45, 7) is 1.98. The Morgan fingerprint density at radius 1 is 1.47 bits per heavy atom. The van der Waals surface area contributed by atoms with Gasteiger partial charge in [0.15, 0.2) is 0 Å². The first-order chi connectivity index (χ1) is 8.95. The number of carbonyl (C=O) groups is 1. The zero-order valence-corrected chi connectivity index (χ0v) is 10.5. The summed E-state index contributed by atoms with van der Waals surface area (Å²) in [4.78, 5) is 11.5. The fourth-order valence-electron chi connectivity index (χ4n) is 1.43. The quantitative estimate of drug-likeness (QED) is 0.584. The number of carbonyl (C=O) groups excluding carboxylic acids is 1. The predicted molar refractivity (Wildman–Crippen MR) is 69.4 cm³/mol. The molecule has 1 aromatic carbocycles. The number of amides is 1. The summed E-state index contributed by atoms with van der Waals surface area (Å²) in [7, 11) is 0. The van der Waals surface area contributed by atoms with Crippen LogP contribution in [0.4, 0.5) is 20.2 Å². The maximum absolute atomic E-state index is 12.1. The molecular formula is C12H17F2N3O2. The maximum atomic E-state index is 12.1. The van der Waals surface area contributed by atoms with Crippen LogP contribution in [0.1, 0.15) is 17.3 Å². The molecule has 106 valence electrons. The van der Waals surface area contributed by atoms with Gasteiger partial charge in [-0.3, -0.25) is 4.79 Å². The number of hydrogen-bond acceptors (Lipinski definition) is 4. The second kappa shape index (κ2) is 6.89. The second-order valence-corrected chi connectivity index (χ2v) is 3.94. The van der Waals surface area contributed by atoms with Crippen LogP contribution in [-0.2, 0) is 0 Å². The molecule has 5 nitrogen and oxygen atoms in total. The van der Waals surface area contributed by atoms with Gasteiger partial charge in [-0.1, -0.05) is 0 Å². The number of anilines is 2. The Bertz CT molecular complexity index is 441. The van der Waals surface area contributed by atoms with E-state index in [2.05, 4.69) is 10.6 Å². The van der Waals surface area contributed by atoms with E-state index in [0.717, 1.165) is 0 Å². The fourth-order valence-corrected chi connectivity index (χ4v) is 1.43. The highest BCUT2D eigenvalue weighted by Crippen LogP contribution is 2.20. The summed E-state index contributed by atoms with van der Waals surface area (Å²) in [5.74, 6) is -0.256. The largest absolute Gasteiger partial charge is 0.397 e. The van der Waals surface area contributed by atoms with Gasteiger partial charge in [-0.25, -0.2) is 8.78 Å². The lowest BCUT2D eigenvalue weighted by Crippen LogP contribution is -2.27. The zero-order chi connectivity index (χ0) is 14.4. The van der Waals surface area contributed by atoms with Crippen LogP contribution in [0, 0.1) is 0 Å². The molecular weight excluding hydrogens is 256 g/mol. The van der Waals surface area contributed by atoms with Crippen molar-refractivity contribution in [2.45, 2.75) is 19.5 Å². The first kappa shape index (κ1) is 15.2. The van der Waals surface area contributed by atoms with Gasteiger partial charge in [-0.05, 0) is 25.1 Å². The fraction of sp³-hybridized carbons (Fsp3) is 0.417. The summed E-state index contributed by atoms with van der Waals surface area (Å²) < 4.78 is 24.2. The Kier molecular flexibility index (Phi) is 5.50. The first-order valence-corrected chi connectivity index (χ1v) is 5.83. The van der Waals surface area contributed by atoms with Crippen molar-refractivity contribution < 1.29 is 18.7 Å². The van der Waals surface area contributed by atoms with Gasteiger partial charge in [-0.2, -0.15) is 0 Å². The lowest BCUT2D eigenvalue weighted by atomic mass is 10.1. The molecule has 0 fully saturated rings. The summed E-state index contributed by atoms with van der Waals surface area (Å²) in [6, 6.07) is 4.48. The van der Waals surface area contributed by atoms with Gasteiger partial charge in [-0.15, -0.1) is 0 Å². The molecule has 5 N–H and O–H groups in total. The van der Waals surface area contributed by atoms with Crippen LogP contribution in [0.25, 0.3) is 0 Å². The Labute approximate surface area is 109 Å². The van der Waals surface area contributed by atoms with Gasteiger partial charge in [0.1, 0.15) is 6.10 Å². The molecule has 0 aromatic heterocycles. The maximum Gasteiger partial charge on any atom is 0.265 e. The van der Waals surface area contributed by atoms with E-state index in [0.29, 0.717) is 17.8 Å². The molecule has 7 heteroatoms. The van der Waals surface area contributed by atoms with Crippen molar-refractivity contribution in [2.24, 2.45) is 0 Å². The molecule has 0 aliphatic heterocycles. The number of nitrogens with one attached hydrogen (secondary N) is 2. The Morgan fingerprint density at radius 3 is 2.68 bits per heavy atom. The number of rotatable bonds is 6. The predicted octanol–water partition coefficient (Wildman–Crippen LogP) is 1.06. The van der Waals surface area contributed by atoms with Gasteiger partial charge in [0.2, 0.25) is 0 Å². The molecule has 1 atom stereocenters. The van der Waals surface area contributed by atoms with Crippen molar-refractivity contribution in [3.8, 4) is 0 Å². The number of hydrogen-bond donors (Lipinski definition) is 4. The highest BCUT2D eigenvalue weighted by atomic mass is 19.3. The van der Waals surface area contributed by atoms with Crippen LogP contribution in [0.3, 0.4) is 0 Å². The van der Waals surface area contributed by atoms with Crippen molar-refractivity contribution >= 4 is 17.3 Å². The molecule has 1 aromatic rings. The SMILES string of the molecule is CCNC(=O)c1ccc(NCC(O)C(F)F)c(N)c1. The smallest absolute Gasteiger partial charge is 0.265 e. The van der Waals surface area contributed by atoms with E-state index in [1.807, 2.05) is 0 Å². The molecule has 0 aliphatic carbocycles. The van der Waals surface area contributed by atoms with Gasteiger partial charge < -0.3 is 21.5 Å². The van der Waals surface area contributed by atoms with Crippen LogP contribution in [0.15, 0.2) is 18.2 Å². The van der Waals surface area contributed by atoms with E-state index < -0.39 is 12.5 Å². The summed E-state index contributed by atoms with van der Waals surface area (Å²) in [5.41, 5.74) is 6.75. The van der Waals surface area contributed by atoms with Gasteiger partial charge in [0, 0.05) is 18.7 Å². The molecule has 0 spiro atoms. The van der Waals surface area contributed by atoms with Crippen molar-refractivity contribution in [3.63, 3.8) is 0 Å². The molecule has 0 aliphatic rings. The van der Waals surface area contributed by atoms with E-state index in [-0.39, 0.29) is 18.1 Å². The molecule has 0 saturated carbocycles. The first-order valence-electron chi connectivity index (χ1n) is 5.83. The number of aliphatic hydroxyl groups excluding tert-OH is 1. The van der Waals surface area contributed by atoms with E-state index in [1.165, 1.54) is 18.2 Å². The third-order valence-electron chi connectivity index (χ3n) is 2.44. The zero-order valence-electron chi connectivity index (χ0n) is 10.5. The lowest BCUT2D eigenvalue weighted by molar-refractivity contribution is 0.00385. The molecule has 1 rings (SSSR count). The van der Waals surface area contributed by atoms with E-state index in [4.69, 9.17) is 10.8 Å². The minimum absolute atomic E-state index is 0.255. The van der Waals surface area contributed by atoms with Crippen molar-refractivity contribution in [2.75, 3.05) is 24.1 Å². The minimum atomic E-state index is -2.82. The summed E-state index contributed by atoms with van der Waals surface area (Å²) >= 11 is 0. The Morgan fingerprint density at radius 2 is 2.16 bits per heavy atom. The third kappa shape index (κ3) is 4.36.